The number of aliphatic carboxylic acids is 1. The Morgan fingerprint density at radius 1 is 1.62 bits per heavy atom. The van der Waals surface area contributed by atoms with Crippen LogP contribution in [0.15, 0.2) is 0 Å². The van der Waals surface area contributed by atoms with Crippen molar-refractivity contribution in [2.75, 3.05) is 18.6 Å². The molecule has 78 valence electrons. The quantitative estimate of drug-likeness (QED) is 0.555. The standard InChI is InChI=1S/C8H17NO3S/c1-6(10)5-9-7(8(11)12)3-4-13-2/h6-7,9-10H,3-5H2,1-2H3,(H,11,12). The largest absolute Gasteiger partial charge is 0.480 e. The average Bonchev–Trinajstić information content (AvgIpc) is 2.03. The summed E-state index contributed by atoms with van der Waals surface area (Å²) in [6.07, 6.45) is 2.02. The van der Waals surface area contributed by atoms with Gasteiger partial charge in [-0.15, -0.1) is 0 Å². The highest BCUT2D eigenvalue weighted by Gasteiger charge is 2.16. The summed E-state index contributed by atoms with van der Waals surface area (Å²) < 4.78 is 0. The molecule has 0 aliphatic rings. The van der Waals surface area contributed by atoms with E-state index in [1.54, 1.807) is 18.7 Å². The molecule has 0 fully saturated rings. The molecule has 0 bridgehead atoms. The zero-order chi connectivity index (χ0) is 10.3. The summed E-state index contributed by atoms with van der Waals surface area (Å²) >= 11 is 1.62. The van der Waals surface area contributed by atoms with Gasteiger partial charge in [0.05, 0.1) is 6.10 Å². The van der Waals surface area contributed by atoms with Gasteiger partial charge in [-0.25, -0.2) is 0 Å². The van der Waals surface area contributed by atoms with Crippen LogP contribution in [0.2, 0.25) is 0 Å². The molecule has 4 nitrogen and oxygen atoms in total. The van der Waals surface area contributed by atoms with E-state index in [4.69, 9.17) is 10.2 Å². The zero-order valence-corrected chi connectivity index (χ0v) is 8.80. The summed E-state index contributed by atoms with van der Waals surface area (Å²) in [6, 6.07) is -0.540. The Hall–Kier alpha value is -0.260. The molecule has 0 aliphatic heterocycles. The van der Waals surface area contributed by atoms with Crippen molar-refractivity contribution in [3.05, 3.63) is 0 Å². The molecular formula is C8H17NO3S. The highest BCUT2D eigenvalue weighted by molar-refractivity contribution is 7.98. The van der Waals surface area contributed by atoms with Gasteiger partial charge >= 0.3 is 5.97 Å². The van der Waals surface area contributed by atoms with Gasteiger partial charge in [-0.2, -0.15) is 11.8 Å². The average molecular weight is 207 g/mol. The number of hydrogen-bond acceptors (Lipinski definition) is 4. The maximum Gasteiger partial charge on any atom is 0.320 e. The third kappa shape index (κ3) is 6.86. The molecule has 0 saturated heterocycles. The first-order valence-electron chi connectivity index (χ1n) is 4.21. The minimum absolute atomic E-state index is 0.325. The molecule has 5 heteroatoms. The number of nitrogens with one attached hydrogen (secondary N) is 1. The SMILES string of the molecule is CSCCC(NCC(C)O)C(=O)O. The normalized spacial score (nSPS) is 15.3. The van der Waals surface area contributed by atoms with E-state index in [9.17, 15) is 4.79 Å². The molecular weight excluding hydrogens is 190 g/mol. The van der Waals surface area contributed by atoms with Crippen LogP contribution in [-0.2, 0) is 4.79 Å². The van der Waals surface area contributed by atoms with E-state index >= 15 is 0 Å². The molecule has 0 aromatic rings. The van der Waals surface area contributed by atoms with Gasteiger partial charge in [0.15, 0.2) is 0 Å². The van der Waals surface area contributed by atoms with Gasteiger partial charge in [0.1, 0.15) is 6.04 Å². The van der Waals surface area contributed by atoms with E-state index < -0.39 is 18.1 Å². The Bertz CT molecular complexity index is 152. The lowest BCUT2D eigenvalue weighted by Gasteiger charge is -2.14. The molecule has 13 heavy (non-hydrogen) atoms. The van der Waals surface area contributed by atoms with Crippen molar-refractivity contribution >= 4 is 17.7 Å². The number of thioether (sulfide) groups is 1. The third-order valence-electron chi connectivity index (χ3n) is 1.57. The van der Waals surface area contributed by atoms with Gasteiger partial charge in [-0.3, -0.25) is 4.79 Å². The fraction of sp³-hybridized carbons (Fsp3) is 0.875. The summed E-state index contributed by atoms with van der Waals surface area (Å²) in [4.78, 5) is 10.7. The summed E-state index contributed by atoms with van der Waals surface area (Å²) in [5.41, 5.74) is 0. The molecule has 0 rings (SSSR count). The summed E-state index contributed by atoms with van der Waals surface area (Å²) in [7, 11) is 0. The fourth-order valence-electron chi connectivity index (χ4n) is 0.861. The predicted octanol–water partition coefficient (Wildman–Crippen LogP) is 0.163. The van der Waals surface area contributed by atoms with E-state index in [0.29, 0.717) is 13.0 Å². The zero-order valence-electron chi connectivity index (χ0n) is 7.99. The predicted molar refractivity (Wildman–Crippen MR) is 54.1 cm³/mol. The molecule has 0 aromatic heterocycles. The highest BCUT2D eigenvalue weighted by Crippen LogP contribution is 2.00. The summed E-state index contributed by atoms with van der Waals surface area (Å²) in [6.45, 7) is 1.95. The van der Waals surface area contributed by atoms with E-state index in [-0.39, 0.29) is 0 Å². The van der Waals surface area contributed by atoms with E-state index in [2.05, 4.69) is 5.32 Å². The molecule has 0 radical (unpaired) electrons. The van der Waals surface area contributed by atoms with Gasteiger partial charge in [0, 0.05) is 6.54 Å². The van der Waals surface area contributed by atoms with Gasteiger partial charge in [-0.1, -0.05) is 0 Å². The van der Waals surface area contributed by atoms with Gasteiger partial charge in [0.2, 0.25) is 0 Å². The number of rotatable bonds is 7. The Kier molecular flexibility index (Phi) is 7.03. The first kappa shape index (κ1) is 12.7. The summed E-state index contributed by atoms with van der Waals surface area (Å²) in [5.74, 6) is -0.0428. The monoisotopic (exact) mass is 207 g/mol. The number of carbonyl (C=O) groups is 1. The number of hydrogen-bond donors (Lipinski definition) is 3. The van der Waals surface area contributed by atoms with Crippen LogP contribution in [0.5, 0.6) is 0 Å². The van der Waals surface area contributed by atoms with Crippen LogP contribution in [-0.4, -0.2) is 46.9 Å². The van der Waals surface area contributed by atoms with Crippen LogP contribution in [0, 0.1) is 0 Å². The Morgan fingerprint density at radius 2 is 2.23 bits per heavy atom. The van der Waals surface area contributed by atoms with Crippen molar-refractivity contribution in [2.45, 2.75) is 25.5 Å². The van der Waals surface area contributed by atoms with Crippen LogP contribution in [0.4, 0.5) is 0 Å². The molecule has 2 unspecified atom stereocenters. The van der Waals surface area contributed by atoms with Crippen LogP contribution in [0.3, 0.4) is 0 Å². The van der Waals surface area contributed by atoms with Gasteiger partial charge in [-0.05, 0) is 25.4 Å². The van der Waals surface area contributed by atoms with Crippen molar-refractivity contribution in [3.8, 4) is 0 Å². The molecule has 0 heterocycles. The van der Waals surface area contributed by atoms with Crippen LogP contribution >= 0.6 is 11.8 Å². The van der Waals surface area contributed by atoms with Crippen molar-refractivity contribution in [1.82, 2.24) is 5.32 Å². The first-order valence-corrected chi connectivity index (χ1v) is 5.60. The number of carboxylic acid groups (broad SMARTS) is 1. The third-order valence-corrected chi connectivity index (χ3v) is 2.21. The molecule has 3 N–H and O–H groups in total. The number of aliphatic hydroxyl groups excluding tert-OH is 1. The van der Waals surface area contributed by atoms with Crippen molar-refractivity contribution in [3.63, 3.8) is 0 Å². The maximum absolute atomic E-state index is 10.7. The molecule has 0 aromatic carbocycles. The van der Waals surface area contributed by atoms with E-state index in [0.717, 1.165) is 5.75 Å². The number of aliphatic hydroxyl groups is 1. The lowest BCUT2D eigenvalue weighted by molar-refractivity contribution is -0.139. The minimum atomic E-state index is -0.852. The van der Waals surface area contributed by atoms with Crippen LogP contribution in [0.1, 0.15) is 13.3 Å². The molecule has 0 aliphatic carbocycles. The number of carboxylic acids is 1. The molecule has 0 amide bonds. The van der Waals surface area contributed by atoms with Crippen molar-refractivity contribution in [2.24, 2.45) is 0 Å². The van der Waals surface area contributed by atoms with Crippen LogP contribution in [0.25, 0.3) is 0 Å². The minimum Gasteiger partial charge on any atom is -0.480 e. The fourth-order valence-corrected chi connectivity index (χ4v) is 1.33. The highest BCUT2D eigenvalue weighted by atomic mass is 32.2. The second-order valence-corrected chi connectivity index (χ2v) is 3.92. The lowest BCUT2D eigenvalue weighted by Crippen LogP contribution is -2.40. The second-order valence-electron chi connectivity index (χ2n) is 2.93. The topological polar surface area (TPSA) is 69.6 Å². The molecule has 0 spiro atoms. The Labute approximate surface area is 82.7 Å². The van der Waals surface area contributed by atoms with Crippen molar-refractivity contribution < 1.29 is 15.0 Å². The first-order chi connectivity index (χ1) is 6.07. The van der Waals surface area contributed by atoms with Gasteiger partial charge < -0.3 is 15.5 Å². The van der Waals surface area contributed by atoms with E-state index in [1.807, 2.05) is 6.26 Å². The van der Waals surface area contributed by atoms with E-state index in [1.165, 1.54) is 0 Å². The lowest BCUT2D eigenvalue weighted by atomic mass is 10.2. The molecule has 0 saturated carbocycles. The second kappa shape index (κ2) is 7.17. The van der Waals surface area contributed by atoms with Crippen LogP contribution < -0.4 is 5.32 Å². The van der Waals surface area contributed by atoms with Crippen molar-refractivity contribution in [1.29, 1.82) is 0 Å². The van der Waals surface area contributed by atoms with Gasteiger partial charge in [0.25, 0.3) is 0 Å². The maximum atomic E-state index is 10.7. The molecule has 2 atom stereocenters. The Balaban J connectivity index is 3.74. The summed E-state index contributed by atoms with van der Waals surface area (Å²) in [5, 5.41) is 20.5. The smallest absolute Gasteiger partial charge is 0.320 e. The Morgan fingerprint density at radius 3 is 2.62 bits per heavy atom.